The molecule has 0 saturated heterocycles. The molecule has 0 aliphatic rings. The lowest BCUT2D eigenvalue weighted by atomic mass is 10.3. The molecule has 0 spiro atoms. The van der Waals surface area contributed by atoms with E-state index in [1.54, 1.807) is 18.0 Å². The minimum Gasteiger partial charge on any atom is -0.352 e. The van der Waals surface area contributed by atoms with Gasteiger partial charge in [-0.25, -0.2) is 0 Å². The van der Waals surface area contributed by atoms with E-state index in [9.17, 15) is 4.79 Å². The molecule has 1 aromatic rings. The van der Waals surface area contributed by atoms with E-state index in [1.165, 1.54) is 0 Å². The van der Waals surface area contributed by atoms with E-state index in [2.05, 4.69) is 10.3 Å². The van der Waals surface area contributed by atoms with Crippen LogP contribution in [0.2, 0.25) is 0 Å². The number of rotatable bonds is 7. The lowest BCUT2D eigenvalue weighted by Gasteiger charge is -2.10. The molecule has 1 aromatic heterocycles. The molecule has 0 unspecified atom stereocenters. The van der Waals surface area contributed by atoms with Crippen molar-refractivity contribution in [2.24, 2.45) is 5.73 Å². The van der Waals surface area contributed by atoms with Crippen LogP contribution in [0.5, 0.6) is 0 Å². The summed E-state index contributed by atoms with van der Waals surface area (Å²) in [5, 5.41) is 2.84. The molecular weight excluding hydrogens is 305 g/mol. The van der Waals surface area contributed by atoms with Gasteiger partial charge in [0.2, 0.25) is 5.91 Å². The van der Waals surface area contributed by atoms with Gasteiger partial charge in [0, 0.05) is 36.7 Å². The molecular formula is C12H21Cl2N3OS. The Kier molecular flexibility index (Phi) is 13.7. The molecule has 0 aromatic carbocycles. The zero-order valence-corrected chi connectivity index (χ0v) is 13.3. The van der Waals surface area contributed by atoms with Gasteiger partial charge in [0.05, 0.1) is 5.69 Å². The molecule has 0 aliphatic carbocycles. The smallest absolute Gasteiger partial charge is 0.221 e. The number of aromatic nitrogens is 1. The maximum atomic E-state index is 11.4. The minimum absolute atomic E-state index is 0. The van der Waals surface area contributed by atoms with Crippen LogP contribution in [0, 0.1) is 0 Å². The summed E-state index contributed by atoms with van der Waals surface area (Å²) in [6, 6.07) is 5.92. The molecule has 0 radical (unpaired) electrons. The Labute approximate surface area is 131 Å². The summed E-state index contributed by atoms with van der Waals surface area (Å²) >= 11 is 1.71. The van der Waals surface area contributed by atoms with Gasteiger partial charge in [-0.15, -0.1) is 24.8 Å². The van der Waals surface area contributed by atoms with E-state index < -0.39 is 0 Å². The normalized spacial score (nSPS) is 10.8. The summed E-state index contributed by atoms with van der Waals surface area (Å²) < 4.78 is 0. The monoisotopic (exact) mass is 325 g/mol. The van der Waals surface area contributed by atoms with E-state index >= 15 is 0 Å². The van der Waals surface area contributed by atoms with Crippen molar-refractivity contribution >= 4 is 42.5 Å². The highest BCUT2D eigenvalue weighted by atomic mass is 35.5. The lowest BCUT2D eigenvalue weighted by molar-refractivity contribution is -0.121. The number of hydrogen-bond acceptors (Lipinski definition) is 4. The van der Waals surface area contributed by atoms with Crippen molar-refractivity contribution in [3.8, 4) is 0 Å². The number of nitrogens with two attached hydrogens (primary N) is 1. The van der Waals surface area contributed by atoms with Crippen molar-refractivity contribution in [3.05, 3.63) is 30.1 Å². The van der Waals surface area contributed by atoms with E-state index in [-0.39, 0.29) is 36.8 Å². The fourth-order valence-corrected chi connectivity index (χ4v) is 2.08. The Morgan fingerprint density at radius 2 is 2.21 bits per heavy atom. The summed E-state index contributed by atoms with van der Waals surface area (Å²) in [7, 11) is 0. The van der Waals surface area contributed by atoms with Crippen molar-refractivity contribution in [1.29, 1.82) is 0 Å². The van der Waals surface area contributed by atoms with Gasteiger partial charge in [0.25, 0.3) is 0 Å². The molecule has 0 saturated carbocycles. The Morgan fingerprint density at radius 3 is 2.79 bits per heavy atom. The second-order valence-electron chi connectivity index (χ2n) is 3.83. The van der Waals surface area contributed by atoms with Crippen LogP contribution in [0.3, 0.4) is 0 Å². The summed E-state index contributed by atoms with van der Waals surface area (Å²) in [4.78, 5) is 15.6. The van der Waals surface area contributed by atoms with Gasteiger partial charge in [-0.1, -0.05) is 6.07 Å². The van der Waals surface area contributed by atoms with Crippen LogP contribution < -0.4 is 11.1 Å². The van der Waals surface area contributed by atoms with Gasteiger partial charge in [-0.05, 0) is 19.1 Å². The number of nitrogens with zero attached hydrogens (tertiary/aromatic N) is 1. The lowest BCUT2D eigenvalue weighted by Crippen LogP contribution is -2.37. The molecule has 110 valence electrons. The first-order chi connectivity index (χ1) is 8.22. The maximum absolute atomic E-state index is 11.4. The Hall–Kier alpha value is -0.490. The van der Waals surface area contributed by atoms with Crippen molar-refractivity contribution in [2.75, 3.05) is 12.3 Å². The molecule has 7 heteroatoms. The third kappa shape index (κ3) is 10.0. The van der Waals surface area contributed by atoms with Crippen LogP contribution in [0.15, 0.2) is 24.4 Å². The Bertz CT molecular complexity index is 341. The third-order valence-electron chi connectivity index (χ3n) is 2.21. The quantitative estimate of drug-likeness (QED) is 0.752. The van der Waals surface area contributed by atoms with Crippen LogP contribution in [-0.4, -0.2) is 29.2 Å². The van der Waals surface area contributed by atoms with Crippen LogP contribution in [0.4, 0.5) is 0 Å². The molecule has 4 nitrogen and oxygen atoms in total. The first-order valence-electron chi connectivity index (χ1n) is 5.69. The van der Waals surface area contributed by atoms with E-state index in [4.69, 9.17) is 5.73 Å². The first kappa shape index (κ1) is 20.8. The topological polar surface area (TPSA) is 68.0 Å². The standard InChI is InChI=1S/C12H19N3OS.2ClH/c1-10(8-13)15-12(16)5-7-17-9-11-4-2-3-6-14-11;;/h2-4,6,10H,5,7-9,13H2,1H3,(H,15,16);2*1H/t10-;;/m0../s1. The van der Waals surface area contributed by atoms with Crippen LogP contribution in [0.1, 0.15) is 19.0 Å². The fourth-order valence-electron chi connectivity index (χ4n) is 1.23. The molecule has 1 atom stereocenters. The van der Waals surface area contributed by atoms with Gasteiger partial charge >= 0.3 is 0 Å². The van der Waals surface area contributed by atoms with Gasteiger partial charge in [-0.3, -0.25) is 9.78 Å². The van der Waals surface area contributed by atoms with Gasteiger partial charge in [0.15, 0.2) is 0 Å². The number of thioether (sulfide) groups is 1. The average Bonchev–Trinajstić information content (AvgIpc) is 2.36. The van der Waals surface area contributed by atoms with Crippen LogP contribution in [-0.2, 0) is 10.5 Å². The SMILES string of the molecule is C[C@@H](CN)NC(=O)CCSCc1ccccn1.Cl.Cl. The molecule has 0 aliphatic heterocycles. The molecule has 1 heterocycles. The number of carbonyl (C=O) groups is 1. The van der Waals surface area contributed by atoms with E-state index in [0.29, 0.717) is 13.0 Å². The van der Waals surface area contributed by atoms with Crippen LogP contribution >= 0.6 is 36.6 Å². The second kappa shape index (κ2) is 12.5. The molecule has 19 heavy (non-hydrogen) atoms. The highest BCUT2D eigenvalue weighted by Crippen LogP contribution is 2.10. The second-order valence-corrected chi connectivity index (χ2v) is 4.93. The maximum Gasteiger partial charge on any atom is 0.221 e. The predicted octanol–water partition coefficient (Wildman–Crippen LogP) is 2.01. The number of nitrogens with one attached hydrogen (secondary N) is 1. The van der Waals surface area contributed by atoms with Gasteiger partial charge < -0.3 is 11.1 Å². The highest BCUT2D eigenvalue weighted by molar-refractivity contribution is 7.98. The fraction of sp³-hybridized carbons (Fsp3) is 0.500. The molecule has 3 N–H and O–H groups in total. The van der Waals surface area contributed by atoms with Crippen molar-refractivity contribution < 1.29 is 4.79 Å². The summed E-state index contributed by atoms with van der Waals surface area (Å²) in [6.45, 7) is 2.38. The number of pyridine rings is 1. The van der Waals surface area contributed by atoms with Crippen molar-refractivity contribution in [2.45, 2.75) is 25.1 Å². The first-order valence-corrected chi connectivity index (χ1v) is 6.85. The summed E-state index contributed by atoms with van der Waals surface area (Å²) in [6.07, 6.45) is 2.31. The zero-order chi connectivity index (χ0) is 12.5. The third-order valence-corrected chi connectivity index (χ3v) is 3.20. The molecule has 0 bridgehead atoms. The van der Waals surface area contributed by atoms with Gasteiger partial charge in [-0.2, -0.15) is 11.8 Å². The van der Waals surface area contributed by atoms with Crippen LogP contribution in [0.25, 0.3) is 0 Å². The summed E-state index contributed by atoms with van der Waals surface area (Å²) in [5.74, 6) is 1.72. The largest absolute Gasteiger partial charge is 0.352 e. The van der Waals surface area contributed by atoms with Gasteiger partial charge in [0.1, 0.15) is 0 Å². The summed E-state index contributed by atoms with van der Waals surface area (Å²) in [5.41, 5.74) is 6.47. The average molecular weight is 326 g/mol. The number of halogens is 2. The Morgan fingerprint density at radius 1 is 1.47 bits per heavy atom. The number of amides is 1. The number of hydrogen-bond donors (Lipinski definition) is 2. The molecule has 1 amide bonds. The molecule has 0 fully saturated rings. The van der Waals surface area contributed by atoms with E-state index in [1.807, 2.05) is 25.1 Å². The van der Waals surface area contributed by atoms with E-state index in [0.717, 1.165) is 17.2 Å². The van der Waals surface area contributed by atoms with Crippen molar-refractivity contribution in [3.63, 3.8) is 0 Å². The molecule has 1 rings (SSSR count). The van der Waals surface area contributed by atoms with Crippen molar-refractivity contribution in [1.82, 2.24) is 10.3 Å². The highest BCUT2D eigenvalue weighted by Gasteiger charge is 2.05. The Balaban J connectivity index is 0. The zero-order valence-electron chi connectivity index (χ0n) is 10.9. The predicted molar refractivity (Wildman–Crippen MR) is 86.2 cm³/mol. The number of carbonyl (C=O) groups excluding carboxylic acids is 1. The minimum atomic E-state index is 0.